The first-order valence-electron chi connectivity index (χ1n) is 6.38. The number of aromatic nitrogens is 2. The van der Waals surface area contributed by atoms with Gasteiger partial charge in [0, 0.05) is 18.7 Å². The van der Waals surface area contributed by atoms with Crippen molar-refractivity contribution in [1.29, 1.82) is 0 Å². The number of rotatable bonds is 6. The highest BCUT2D eigenvalue weighted by molar-refractivity contribution is 5.12. The summed E-state index contributed by atoms with van der Waals surface area (Å²) in [6.45, 7) is 7.12. The van der Waals surface area contributed by atoms with E-state index in [0.717, 1.165) is 12.2 Å². The molecule has 1 aliphatic rings. The molecule has 1 atom stereocenters. The van der Waals surface area contributed by atoms with Crippen molar-refractivity contribution < 1.29 is 4.74 Å². The number of hydrogen-bond acceptors (Lipinski definition) is 4. The van der Waals surface area contributed by atoms with E-state index in [-0.39, 0.29) is 6.10 Å². The van der Waals surface area contributed by atoms with Crippen LogP contribution in [0.3, 0.4) is 0 Å². The molecular formula is C13H21N3O. The summed E-state index contributed by atoms with van der Waals surface area (Å²) in [5.41, 5.74) is 0.974. The van der Waals surface area contributed by atoms with E-state index in [1.165, 1.54) is 12.8 Å². The zero-order valence-corrected chi connectivity index (χ0v) is 10.8. The van der Waals surface area contributed by atoms with Crippen molar-refractivity contribution in [3.05, 3.63) is 17.8 Å². The van der Waals surface area contributed by atoms with Crippen molar-refractivity contribution in [3.63, 3.8) is 0 Å². The Hall–Kier alpha value is -1.16. The summed E-state index contributed by atoms with van der Waals surface area (Å²) in [6, 6.07) is 4.58. The standard InChI is InChI=1S/C13H21N3O/c1-9(2)10(3)17-13-7-6-12(15-16-13)8-14-11-4-5-11/h6-7,9-11,14H,4-5,8H2,1-3H3. The van der Waals surface area contributed by atoms with Crippen LogP contribution in [0.5, 0.6) is 5.88 Å². The summed E-state index contributed by atoms with van der Waals surface area (Å²) < 4.78 is 5.67. The summed E-state index contributed by atoms with van der Waals surface area (Å²) in [4.78, 5) is 0. The Kier molecular flexibility index (Phi) is 3.94. The molecule has 0 aliphatic heterocycles. The molecule has 0 amide bonds. The van der Waals surface area contributed by atoms with E-state index in [0.29, 0.717) is 17.8 Å². The van der Waals surface area contributed by atoms with Gasteiger partial charge in [0.1, 0.15) is 0 Å². The molecule has 0 saturated heterocycles. The van der Waals surface area contributed by atoms with Crippen LogP contribution in [-0.4, -0.2) is 22.3 Å². The zero-order valence-electron chi connectivity index (χ0n) is 10.8. The molecule has 1 saturated carbocycles. The number of hydrogen-bond donors (Lipinski definition) is 1. The van der Waals surface area contributed by atoms with Gasteiger partial charge in [0.2, 0.25) is 5.88 Å². The van der Waals surface area contributed by atoms with Gasteiger partial charge in [-0.1, -0.05) is 13.8 Å². The fourth-order valence-electron chi connectivity index (χ4n) is 1.37. The maximum absolute atomic E-state index is 5.67. The normalized spacial score (nSPS) is 17.2. The smallest absolute Gasteiger partial charge is 0.233 e. The summed E-state index contributed by atoms with van der Waals surface area (Å²) in [5.74, 6) is 1.09. The first kappa shape index (κ1) is 12.3. The van der Waals surface area contributed by atoms with Gasteiger partial charge in [0.15, 0.2) is 0 Å². The van der Waals surface area contributed by atoms with Crippen LogP contribution < -0.4 is 10.1 Å². The number of nitrogens with one attached hydrogen (secondary N) is 1. The molecule has 0 radical (unpaired) electrons. The van der Waals surface area contributed by atoms with Gasteiger partial charge in [0.05, 0.1) is 11.8 Å². The highest BCUT2D eigenvalue weighted by atomic mass is 16.5. The van der Waals surface area contributed by atoms with Crippen LogP contribution in [-0.2, 0) is 6.54 Å². The van der Waals surface area contributed by atoms with Crippen molar-refractivity contribution in [2.45, 2.75) is 52.3 Å². The molecule has 0 spiro atoms. The van der Waals surface area contributed by atoms with Crippen LogP contribution in [0.1, 0.15) is 39.3 Å². The van der Waals surface area contributed by atoms with Gasteiger partial charge >= 0.3 is 0 Å². The van der Waals surface area contributed by atoms with Crippen LogP contribution in [0, 0.1) is 5.92 Å². The maximum atomic E-state index is 5.67. The molecule has 4 nitrogen and oxygen atoms in total. The predicted molar refractivity (Wildman–Crippen MR) is 66.8 cm³/mol. The summed E-state index contributed by atoms with van der Waals surface area (Å²) in [6.07, 6.45) is 2.75. The molecule has 1 N–H and O–H groups in total. The van der Waals surface area contributed by atoms with E-state index in [9.17, 15) is 0 Å². The van der Waals surface area contributed by atoms with Crippen LogP contribution in [0.15, 0.2) is 12.1 Å². The lowest BCUT2D eigenvalue weighted by Gasteiger charge is -2.16. The van der Waals surface area contributed by atoms with E-state index in [2.05, 4.69) is 36.3 Å². The quantitative estimate of drug-likeness (QED) is 0.820. The molecule has 1 fully saturated rings. The number of ether oxygens (including phenoxy) is 1. The zero-order chi connectivity index (χ0) is 12.3. The Bertz CT molecular complexity index is 346. The summed E-state index contributed by atoms with van der Waals surface area (Å²) >= 11 is 0. The predicted octanol–water partition coefficient (Wildman–Crippen LogP) is 2.15. The lowest BCUT2D eigenvalue weighted by Crippen LogP contribution is -2.20. The molecule has 1 aromatic rings. The SMILES string of the molecule is CC(C)C(C)Oc1ccc(CNC2CC2)nn1. The molecule has 0 aromatic carbocycles. The van der Waals surface area contributed by atoms with Crippen LogP contribution in [0.4, 0.5) is 0 Å². The van der Waals surface area contributed by atoms with Crippen molar-refractivity contribution in [2.24, 2.45) is 5.92 Å². The van der Waals surface area contributed by atoms with Crippen LogP contribution in [0.25, 0.3) is 0 Å². The minimum atomic E-state index is 0.166. The second-order valence-corrected chi connectivity index (χ2v) is 5.09. The van der Waals surface area contributed by atoms with E-state index in [4.69, 9.17) is 4.74 Å². The van der Waals surface area contributed by atoms with Gasteiger partial charge in [-0.2, -0.15) is 5.10 Å². The molecule has 1 aromatic heterocycles. The average Bonchev–Trinajstić information content (AvgIpc) is 3.12. The van der Waals surface area contributed by atoms with E-state index in [1.807, 2.05) is 12.1 Å². The third kappa shape index (κ3) is 3.97. The number of nitrogens with zero attached hydrogens (tertiary/aromatic N) is 2. The summed E-state index contributed by atoms with van der Waals surface area (Å²) in [5, 5.41) is 11.6. The minimum absolute atomic E-state index is 0.166. The van der Waals surface area contributed by atoms with Crippen molar-refractivity contribution in [3.8, 4) is 5.88 Å². The molecule has 0 bridgehead atoms. The molecule has 4 heteroatoms. The van der Waals surface area contributed by atoms with E-state index >= 15 is 0 Å². The topological polar surface area (TPSA) is 47.0 Å². The highest BCUT2D eigenvalue weighted by Crippen LogP contribution is 2.19. The molecule has 2 rings (SSSR count). The second kappa shape index (κ2) is 5.45. The lowest BCUT2D eigenvalue weighted by atomic mass is 10.1. The Morgan fingerprint density at radius 3 is 2.59 bits per heavy atom. The largest absolute Gasteiger partial charge is 0.473 e. The van der Waals surface area contributed by atoms with Crippen molar-refractivity contribution >= 4 is 0 Å². The van der Waals surface area contributed by atoms with Gasteiger partial charge in [-0.15, -0.1) is 5.10 Å². The van der Waals surface area contributed by atoms with E-state index in [1.54, 1.807) is 0 Å². The third-order valence-corrected chi connectivity index (χ3v) is 3.09. The second-order valence-electron chi connectivity index (χ2n) is 5.09. The highest BCUT2D eigenvalue weighted by Gasteiger charge is 2.20. The molecule has 1 unspecified atom stereocenters. The van der Waals surface area contributed by atoms with E-state index < -0.39 is 0 Å². The molecule has 17 heavy (non-hydrogen) atoms. The minimum Gasteiger partial charge on any atom is -0.473 e. The monoisotopic (exact) mass is 235 g/mol. The molecular weight excluding hydrogens is 214 g/mol. The Balaban J connectivity index is 1.83. The molecule has 1 heterocycles. The van der Waals surface area contributed by atoms with Gasteiger partial charge in [-0.05, 0) is 31.7 Å². The van der Waals surface area contributed by atoms with Gasteiger partial charge < -0.3 is 10.1 Å². The van der Waals surface area contributed by atoms with Crippen molar-refractivity contribution in [1.82, 2.24) is 15.5 Å². The van der Waals surface area contributed by atoms with Crippen molar-refractivity contribution in [2.75, 3.05) is 0 Å². The average molecular weight is 235 g/mol. The van der Waals surface area contributed by atoms with Gasteiger partial charge in [0.25, 0.3) is 0 Å². The Labute approximate surface area is 103 Å². The third-order valence-electron chi connectivity index (χ3n) is 3.09. The Morgan fingerprint density at radius 1 is 1.29 bits per heavy atom. The van der Waals surface area contributed by atoms with Crippen LogP contribution in [0.2, 0.25) is 0 Å². The first-order chi connectivity index (χ1) is 8.15. The maximum Gasteiger partial charge on any atom is 0.233 e. The fourth-order valence-corrected chi connectivity index (χ4v) is 1.37. The lowest BCUT2D eigenvalue weighted by molar-refractivity contribution is 0.161. The molecule has 1 aliphatic carbocycles. The van der Waals surface area contributed by atoms with Gasteiger partial charge in [-0.25, -0.2) is 0 Å². The Morgan fingerprint density at radius 2 is 2.06 bits per heavy atom. The molecule has 94 valence electrons. The first-order valence-corrected chi connectivity index (χ1v) is 6.38. The van der Waals surface area contributed by atoms with Crippen LogP contribution >= 0.6 is 0 Å². The fraction of sp³-hybridized carbons (Fsp3) is 0.692. The van der Waals surface area contributed by atoms with Gasteiger partial charge in [-0.3, -0.25) is 0 Å². The summed E-state index contributed by atoms with van der Waals surface area (Å²) in [7, 11) is 0.